The number of carbonyl (C=O) groups is 1. The van der Waals surface area contributed by atoms with E-state index in [1.807, 2.05) is 0 Å². The van der Waals surface area contributed by atoms with Gasteiger partial charge in [-0.25, -0.2) is 0 Å². The maximum absolute atomic E-state index is 12.7. The molecule has 122 valence electrons. The van der Waals surface area contributed by atoms with Gasteiger partial charge in [0, 0.05) is 25.2 Å². The quantitative estimate of drug-likeness (QED) is 0.783. The summed E-state index contributed by atoms with van der Waals surface area (Å²) in [5.41, 5.74) is -0.181. The SMILES string of the molecule is CC(C)CC1NC2(CC2)C(=O)N1CCN(C(C)C)C(C)C. The van der Waals surface area contributed by atoms with Crippen molar-refractivity contribution in [3.8, 4) is 0 Å². The monoisotopic (exact) mass is 295 g/mol. The van der Waals surface area contributed by atoms with E-state index in [-0.39, 0.29) is 11.7 Å². The normalized spacial score (nSPS) is 24.4. The molecule has 1 aliphatic heterocycles. The van der Waals surface area contributed by atoms with Crippen LogP contribution in [0, 0.1) is 5.92 Å². The molecule has 2 fully saturated rings. The van der Waals surface area contributed by atoms with E-state index in [9.17, 15) is 4.79 Å². The molecule has 1 amide bonds. The zero-order valence-electron chi connectivity index (χ0n) is 14.6. The Balaban J connectivity index is 2.00. The van der Waals surface area contributed by atoms with Gasteiger partial charge in [0.05, 0.1) is 11.7 Å². The molecule has 1 N–H and O–H groups in total. The smallest absolute Gasteiger partial charge is 0.244 e. The van der Waals surface area contributed by atoms with Crippen LogP contribution < -0.4 is 5.32 Å². The number of carbonyl (C=O) groups excluding carboxylic acids is 1. The van der Waals surface area contributed by atoms with Gasteiger partial charge in [0.1, 0.15) is 0 Å². The van der Waals surface area contributed by atoms with Crippen LogP contribution in [0.4, 0.5) is 0 Å². The predicted octanol–water partition coefficient (Wildman–Crippen LogP) is 2.44. The molecule has 0 aromatic heterocycles. The fraction of sp³-hybridized carbons (Fsp3) is 0.941. The number of hydrogen-bond donors (Lipinski definition) is 1. The van der Waals surface area contributed by atoms with Gasteiger partial charge >= 0.3 is 0 Å². The van der Waals surface area contributed by atoms with Crippen LogP contribution in [0.2, 0.25) is 0 Å². The Hall–Kier alpha value is -0.610. The van der Waals surface area contributed by atoms with E-state index in [1.54, 1.807) is 0 Å². The maximum atomic E-state index is 12.7. The first-order valence-electron chi connectivity index (χ1n) is 8.61. The Morgan fingerprint density at radius 2 is 1.76 bits per heavy atom. The number of nitrogens with one attached hydrogen (secondary N) is 1. The van der Waals surface area contributed by atoms with Gasteiger partial charge in [0.25, 0.3) is 0 Å². The van der Waals surface area contributed by atoms with Crippen LogP contribution in [-0.2, 0) is 4.79 Å². The summed E-state index contributed by atoms with van der Waals surface area (Å²) in [4.78, 5) is 17.3. The summed E-state index contributed by atoms with van der Waals surface area (Å²) in [5, 5.41) is 3.61. The van der Waals surface area contributed by atoms with Crippen LogP contribution in [0.3, 0.4) is 0 Å². The molecular formula is C17H33N3O. The first-order valence-corrected chi connectivity index (χ1v) is 8.61. The van der Waals surface area contributed by atoms with E-state index >= 15 is 0 Å². The van der Waals surface area contributed by atoms with Crippen LogP contribution >= 0.6 is 0 Å². The Morgan fingerprint density at radius 3 is 2.19 bits per heavy atom. The third-order valence-corrected chi connectivity index (χ3v) is 4.86. The van der Waals surface area contributed by atoms with E-state index in [0.29, 0.717) is 23.9 Å². The van der Waals surface area contributed by atoms with Crippen molar-refractivity contribution in [2.75, 3.05) is 13.1 Å². The number of rotatable bonds is 7. The number of hydrogen-bond acceptors (Lipinski definition) is 3. The molecule has 1 atom stereocenters. The highest BCUT2D eigenvalue weighted by atomic mass is 16.2. The van der Waals surface area contributed by atoms with Crippen molar-refractivity contribution in [1.82, 2.24) is 15.1 Å². The second kappa shape index (κ2) is 6.25. The highest BCUT2D eigenvalue weighted by Gasteiger charge is 2.58. The van der Waals surface area contributed by atoms with Crippen molar-refractivity contribution in [1.29, 1.82) is 0 Å². The summed E-state index contributed by atoms with van der Waals surface area (Å²) in [6.45, 7) is 15.2. The summed E-state index contributed by atoms with van der Waals surface area (Å²) in [6, 6.07) is 1.04. The van der Waals surface area contributed by atoms with Gasteiger partial charge in [0.2, 0.25) is 5.91 Å². The molecule has 4 heteroatoms. The van der Waals surface area contributed by atoms with Crippen LogP contribution in [0.25, 0.3) is 0 Å². The standard InChI is InChI=1S/C17H33N3O/c1-12(2)11-15-18-17(7-8-17)16(21)20(15)10-9-19(13(3)4)14(5)6/h12-15,18H,7-11H2,1-6H3. The van der Waals surface area contributed by atoms with Crippen LogP contribution in [-0.4, -0.2) is 52.6 Å². The highest BCUT2D eigenvalue weighted by molar-refractivity contribution is 5.91. The number of nitrogens with zero attached hydrogens (tertiary/aromatic N) is 2. The molecule has 0 aromatic rings. The molecule has 0 aromatic carbocycles. The van der Waals surface area contributed by atoms with E-state index < -0.39 is 0 Å². The summed E-state index contributed by atoms with van der Waals surface area (Å²) in [7, 11) is 0. The molecule has 1 unspecified atom stereocenters. The first-order chi connectivity index (χ1) is 9.77. The lowest BCUT2D eigenvalue weighted by atomic mass is 10.1. The Bertz CT molecular complexity index is 366. The molecule has 0 bridgehead atoms. The van der Waals surface area contributed by atoms with Gasteiger partial charge in [-0.2, -0.15) is 0 Å². The van der Waals surface area contributed by atoms with Crippen molar-refractivity contribution in [2.24, 2.45) is 5.92 Å². The van der Waals surface area contributed by atoms with Crippen LogP contribution in [0.1, 0.15) is 60.8 Å². The average molecular weight is 295 g/mol. The van der Waals surface area contributed by atoms with Crippen molar-refractivity contribution < 1.29 is 4.79 Å². The topological polar surface area (TPSA) is 35.6 Å². The lowest BCUT2D eigenvalue weighted by Gasteiger charge is -2.33. The van der Waals surface area contributed by atoms with Gasteiger partial charge in [-0.1, -0.05) is 13.8 Å². The first kappa shape index (κ1) is 16.8. The molecular weight excluding hydrogens is 262 g/mol. The highest BCUT2D eigenvalue weighted by Crippen LogP contribution is 2.42. The van der Waals surface area contributed by atoms with Crippen LogP contribution in [0.5, 0.6) is 0 Å². The maximum Gasteiger partial charge on any atom is 0.244 e. The molecule has 0 radical (unpaired) electrons. The second-order valence-electron chi connectivity index (χ2n) is 7.80. The summed E-state index contributed by atoms with van der Waals surface area (Å²) in [6.07, 6.45) is 3.34. The third kappa shape index (κ3) is 3.59. The molecule has 1 saturated heterocycles. The van der Waals surface area contributed by atoms with Crippen LogP contribution in [0.15, 0.2) is 0 Å². The fourth-order valence-corrected chi connectivity index (χ4v) is 3.58. The van der Waals surface area contributed by atoms with E-state index in [0.717, 1.165) is 32.4 Å². The molecule has 4 nitrogen and oxygen atoms in total. The average Bonchev–Trinajstić information content (AvgIpc) is 3.07. The Labute approximate surface area is 130 Å². The minimum Gasteiger partial charge on any atom is -0.324 e. The Kier molecular flexibility index (Phi) is 4.99. The fourth-order valence-electron chi connectivity index (χ4n) is 3.58. The molecule has 1 spiro atoms. The van der Waals surface area contributed by atoms with Crippen molar-refractivity contribution in [3.63, 3.8) is 0 Å². The van der Waals surface area contributed by atoms with E-state index in [1.165, 1.54) is 0 Å². The van der Waals surface area contributed by atoms with Gasteiger partial charge < -0.3 is 4.90 Å². The molecule has 1 aliphatic carbocycles. The number of amides is 1. The Morgan fingerprint density at radius 1 is 1.19 bits per heavy atom. The van der Waals surface area contributed by atoms with Crippen molar-refractivity contribution in [3.05, 3.63) is 0 Å². The summed E-state index contributed by atoms with van der Waals surface area (Å²) in [5.74, 6) is 0.957. The van der Waals surface area contributed by atoms with E-state index in [4.69, 9.17) is 0 Å². The van der Waals surface area contributed by atoms with Crippen molar-refractivity contribution in [2.45, 2.75) is 84.6 Å². The zero-order chi connectivity index (χ0) is 15.8. The molecule has 2 aliphatic rings. The van der Waals surface area contributed by atoms with E-state index in [2.05, 4.69) is 56.7 Å². The minimum absolute atomic E-state index is 0.181. The van der Waals surface area contributed by atoms with Gasteiger partial charge in [-0.3, -0.25) is 15.0 Å². The van der Waals surface area contributed by atoms with Gasteiger partial charge in [-0.15, -0.1) is 0 Å². The third-order valence-electron chi connectivity index (χ3n) is 4.86. The zero-order valence-corrected chi connectivity index (χ0v) is 14.6. The molecule has 1 heterocycles. The second-order valence-corrected chi connectivity index (χ2v) is 7.80. The summed E-state index contributed by atoms with van der Waals surface area (Å²) < 4.78 is 0. The van der Waals surface area contributed by atoms with Crippen molar-refractivity contribution >= 4 is 5.91 Å². The largest absolute Gasteiger partial charge is 0.324 e. The predicted molar refractivity (Wildman–Crippen MR) is 87.0 cm³/mol. The molecule has 21 heavy (non-hydrogen) atoms. The minimum atomic E-state index is -0.181. The molecule has 1 saturated carbocycles. The lowest BCUT2D eigenvalue weighted by molar-refractivity contribution is -0.131. The summed E-state index contributed by atoms with van der Waals surface area (Å²) >= 11 is 0. The lowest BCUT2D eigenvalue weighted by Crippen LogP contribution is -2.46. The molecule has 2 rings (SSSR count). The van der Waals surface area contributed by atoms with Gasteiger partial charge in [0.15, 0.2) is 0 Å². The van der Waals surface area contributed by atoms with Gasteiger partial charge in [-0.05, 0) is 52.9 Å².